The molecule has 0 saturated heterocycles. The van der Waals surface area contributed by atoms with Crippen molar-refractivity contribution in [3.63, 3.8) is 0 Å². The van der Waals surface area contributed by atoms with E-state index in [1.807, 2.05) is 12.1 Å². The van der Waals surface area contributed by atoms with Crippen LogP contribution in [0.25, 0.3) is 0 Å². The van der Waals surface area contributed by atoms with Crippen molar-refractivity contribution in [2.24, 2.45) is 0 Å². The van der Waals surface area contributed by atoms with Crippen molar-refractivity contribution in [1.82, 2.24) is 0 Å². The topological polar surface area (TPSA) is 18.5 Å². The van der Waals surface area contributed by atoms with E-state index in [0.717, 1.165) is 23.5 Å². The smallest absolute Gasteiger partial charge is 0.542 e. The molecule has 74 valence electrons. The van der Waals surface area contributed by atoms with Crippen LogP contribution in [0, 0.1) is 6.07 Å². The second-order valence-electron chi connectivity index (χ2n) is 3.89. The van der Waals surface area contributed by atoms with Crippen LogP contribution in [0.2, 0.25) is 0 Å². The van der Waals surface area contributed by atoms with Crippen molar-refractivity contribution < 1.29 is 30.5 Å². The summed E-state index contributed by atoms with van der Waals surface area (Å²) in [7, 11) is 1.66. The number of hydrogen-bond donors (Lipinski definition) is 0. The van der Waals surface area contributed by atoms with Gasteiger partial charge in [0.2, 0.25) is 0 Å². The summed E-state index contributed by atoms with van der Waals surface area (Å²) in [5, 5.41) is 0. The number of ether oxygens (including phenoxy) is 2. The van der Waals surface area contributed by atoms with Gasteiger partial charge in [0.25, 0.3) is 0 Å². The van der Waals surface area contributed by atoms with Crippen LogP contribution in [0.5, 0.6) is 11.5 Å². The van der Waals surface area contributed by atoms with E-state index in [2.05, 4.69) is 19.9 Å². The van der Waals surface area contributed by atoms with E-state index < -0.39 is 0 Å². The molecule has 0 unspecified atom stereocenters. The summed E-state index contributed by atoms with van der Waals surface area (Å²) >= 11 is 0. The van der Waals surface area contributed by atoms with Gasteiger partial charge < -0.3 is 9.47 Å². The molecule has 1 aromatic carbocycles. The zero-order valence-corrected chi connectivity index (χ0v) is 11.5. The Labute approximate surface area is 98.9 Å². The average Bonchev–Trinajstić information content (AvgIpc) is 2.37. The zero-order valence-electron chi connectivity index (χ0n) is 8.59. The number of fused-ring (bicyclic) bond motifs is 1. The first kappa shape index (κ1) is 11.6. The number of benzene rings is 1. The zero-order chi connectivity index (χ0) is 9.47. The quantitative estimate of drug-likeness (QED) is 0.715. The van der Waals surface area contributed by atoms with Gasteiger partial charge in [-0.25, -0.2) is 0 Å². The maximum atomic E-state index is 5.76. The molecule has 0 radical (unpaired) electrons. The monoisotopic (exact) mass is 361 g/mol. The summed E-state index contributed by atoms with van der Waals surface area (Å²) in [5.74, 6) is 1.66. The molecule has 1 aliphatic rings. The predicted molar refractivity (Wildman–Crippen MR) is 50.2 cm³/mol. The Morgan fingerprint density at radius 1 is 1.50 bits per heavy atom. The average molecular weight is 361 g/mol. The van der Waals surface area contributed by atoms with Crippen LogP contribution in [0.1, 0.15) is 19.4 Å². The van der Waals surface area contributed by atoms with Gasteiger partial charge in [0, 0.05) is 0 Å². The van der Waals surface area contributed by atoms with E-state index in [9.17, 15) is 0 Å². The normalized spacial score (nSPS) is 16.5. The second-order valence-corrected chi connectivity index (χ2v) is 3.89. The maximum Gasteiger partial charge on any atom is 2.00 e. The fourth-order valence-electron chi connectivity index (χ4n) is 1.65. The van der Waals surface area contributed by atoms with Gasteiger partial charge in [0.15, 0.2) is 0 Å². The third-order valence-electron chi connectivity index (χ3n) is 2.19. The molecule has 1 heterocycles. The number of methoxy groups -OCH3 is 1. The molecule has 0 aliphatic carbocycles. The van der Waals surface area contributed by atoms with Crippen LogP contribution in [0.3, 0.4) is 0 Å². The van der Waals surface area contributed by atoms with Crippen molar-refractivity contribution >= 4 is 0 Å². The van der Waals surface area contributed by atoms with Crippen molar-refractivity contribution in [2.75, 3.05) is 7.11 Å². The van der Waals surface area contributed by atoms with Crippen molar-refractivity contribution in [1.29, 1.82) is 0 Å². The van der Waals surface area contributed by atoms with E-state index in [4.69, 9.17) is 9.47 Å². The van der Waals surface area contributed by atoms with Crippen molar-refractivity contribution in [3.05, 3.63) is 23.8 Å². The first-order valence-electron chi connectivity index (χ1n) is 4.39. The molecule has 14 heavy (non-hydrogen) atoms. The minimum atomic E-state index is -0.118. The van der Waals surface area contributed by atoms with Gasteiger partial charge in [-0.1, -0.05) is 0 Å². The first-order chi connectivity index (χ1) is 6.12. The summed E-state index contributed by atoms with van der Waals surface area (Å²) in [4.78, 5) is 0. The standard InChI is InChI=1S/C11H13O2.W/c1-11(2)7-8-5-4-6-9(12-3)10(8)13-11;/h4,6H,7H2,1-3H3;/q-1;+2. The Hall–Kier alpha value is -0.492. The first-order valence-corrected chi connectivity index (χ1v) is 4.39. The van der Waals surface area contributed by atoms with E-state index in [0.29, 0.717) is 0 Å². The molecular formula is C11H13O2W+. The minimum Gasteiger partial charge on any atom is -0.542 e. The molecular weight excluding hydrogens is 348 g/mol. The van der Waals surface area contributed by atoms with Gasteiger partial charge in [0.05, 0.1) is 24.2 Å². The molecule has 2 nitrogen and oxygen atoms in total. The van der Waals surface area contributed by atoms with Gasteiger partial charge in [0.1, 0.15) is 0 Å². The Balaban J connectivity index is 0.000000980. The van der Waals surface area contributed by atoms with Gasteiger partial charge in [-0.2, -0.15) is 12.1 Å². The molecule has 0 N–H and O–H groups in total. The summed E-state index contributed by atoms with van der Waals surface area (Å²) < 4.78 is 11.0. The number of hydrogen-bond acceptors (Lipinski definition) is 2. The molecule has 0 atom stereocenters. The largest absolute Gasteiger partial charge is 2.00 e. The van der Waals surface area contributed by atoms with Crippen molar-refractivity contribution in [2.45, 2.75) is 25.9 Å². The summed E-state index contributed by atoms with van der Waals surface area (Å²) in [5.41, 5.74) is 0.998. The van der Waals surface area contributed by atoms with Crippen LogP contribution < -0.4 is 9.47 Å². The summed E-state index contributed by atoms with van der Waals surface area (Å²) in [6, 6.07) is 6.93. The van der Waals surface area contributed by atoms with Gasteiger partial charge in [-0.3, -0.25) is 0 Å². The fourth-order valence-corrected chi connectivity index (χ4v) is 1.65. The van der Waals surface area contributed by atoms with Gasteiger partial charge in [-0.15, -0.1) is 11.6 Å². The molecule has 2 rings (SSSR count). The predicted octanol–water partition coefficient (Wildman–Crippen LogP) is 2.21. The van der Waals surface area contributed by atoms with Crippen LogP contribution >= 0.6 is 0 Å². The number of rotatable bonds is 1. The SMILES string of the molecule is COc1cc[c-]c2c1OC(C)(C)C2.[W+2]. The van der Waals surface area contributed by atoms with E-state index >= 15 is 0 Å². The Morgan fingerprint density at radius 2 is 2.21 bits per heavy atom. The van der Waals surface area contributed by atoms with Gasteiger partial charge in [-0.05, 0) is 20.3 Å². The molecule has 1 aromatic rings. The summed E-state index contributed by atoms with van der Waals surface area (Å²) in [6.45, 7) is 4.14. The molecule has 0 amide bonds. The van der Waals surface area contributed by atoms with Crippen LogP contribution in [-0.2, 0) is 27.5 Å². The van der Waals surface area contributed by atoms with E-state index in [1.165, 1.54) is 0 Å². The molecule has 0 saturated carbocycles. The Morgan fingerprint density at radius 3 is 2.86 bits per heavy atom. The molecule has 0 fully saturated rings. The van der Waals surface area contributed by atoms with Gasteiger partial charge >= 0.3 is 21.1 Å². The second kappa shape index (κ2) is 3.94. The van der Waals surface area contributed by atoms with Crippen LogP contribution in [0.15, 0.2) is 12.1 Å². The maximum absolute atomic E-state index is 5.76. The third kappa shape index (κ3) is 1.95. The summed E-state index contributed by atoms with van der Waals surface area (Å²) in [6.07, 6.45) is 0.902. The van der Waals surface area contributed by atoms with E-state index in [1.54, 1.807) is 7.11 Å². The molecule has 0 spiro atoms. The van der Waals surface area contributed by atoms with E-state index in [-0.39, 0.29) is 26.7 Å². The third-order valence-corrected chi connectivity index (χ3v) is 2.19. The molecule has 0 bridgehead atoms. The van der Waals surface area contributed by atoms with Crippen LogP contribution in [-0.4, -0.2) is 12.7 Å². The molecule has 0 aromatic heterocycles. The Bertz CT molecular complexity index is 334. The van der Waals surface area contributed by atoms with Crippen molar-refractivity contribution in [3.8, 4) is 11.5 Å². The fraction of sp³-hybridized carbons (Fsp3) is 0.455. The molecule has 3 heteroatoms. The minimum absolute atomic E-state index is 0. The Kier molecular flexibility index (Phi) is 3.26. The molecule has 1 aliphatic heterocycles. The van der Waals surface area contributed by atoms with Crippen LogP contribution in [0.4, 0.5) is 0 Å².